The zero-order valence-electron chi connectivity index (χ0n) is 17.0. The lowest BCUT2D eigenvalue weighted by Gasteiger charge is -2.35. The van der Waals surface area contributed by atoms with Crippen LogP contribution >= 0.6 is 0 Å². The molecule has 31 heavy (non-hydrogen) atoms. The molecule has 1 amide bonds. The number of aryl methyl sites for hydroxylation is 2. The first-order valence-electron chi connectivity index (χ1n) is 9.57. The van der Waals surface area contributed by atoms with E-state index in [1.165, 1.54) is 48.0 Å². The number of carbonyl (C=O) groups is 1. The lowest BCUT2D eigenvalue weighted by molar-refractivity contribution is -0.152. The van der Waals surface area contributed by atoms with Crippen molar-refractivity contribution in [3.8, 4) is 0 Å². The molecule has 1 unspecified atom stereocenters. The molecule has 0 aliphatic carbocycles. The molecule has 1 atom stereocenters. The van der Waals surface area contributed by atoms with Crippen molar-refractivity contribution in [2.75, 3.05) is 11.4 Å². The highest BCUT2D eigenvalue weighted by Gasteiger charge is 2.45. The van der Waals surface area contributed by atoms with Gasteiger partial charge in [0.25, 0.3) is 11.5 Å². The van der Waals surface area contributed by atoms with Gasteiger partial charge in [-0.05, 0) is 30.5 Å². The summed E-state index contributed by atoms with van der Waals surface area (Å²) >= 11 is 0. The number of pyridine rings is 1. The fourth-order valence-electron chi connectivity index (χ4n) is 4.14. The van der Waals surface area contributed by atoms with Crippen molar-refractivity contribution < 1.29 is 18.0 Å². The predicted octanol–water partition coefficient (Wildman–Crippen LogP) is 2.64. The van der Waals surface area contributed by atoms with Crippen LogP contribution in [0, 0.1) is 6.92 Å². The molecule has 7 nitrogen and oxygen atoms in total. The standard InChI is InChI=1S/C21H19F3N4O3/c1-11-13(10-25-17-16(11)19(30)27(3)20(31)26(17)2)18(29)28-9-8-14(21(22,23)24)12-6-4-5-7-15(12)28/h4-7,10,14H,8-9H2,1-3H3. The lowest BCUT2D eigenvalue weighted by Crippen LogP contribution is -2.41. The molecule has 0 N–H and O–H groups in total. The van der Waals surface area contributed by atoms with E-state index in [1.807, 2.05) is 0 Å². The van der Waals surface area contributed by atoms with E-state index in [0.717, 1.165) is 4.57 Å². The molecular weight excluding hydrogens is 413 g/mol. The van der Waals surface area contributed by atoms with Crippen molar-refractivity contribution in [1.29, 1.82) is 0 Å². The van der Waals surface area contributed by atoms with Gasteiger partial charge in [-0.1, -0.05) is 18.2 Å². The number of para-hydroxylation sites is 1. The van der Waals surface area contributed by atoms with E-state index in [1.54, 1.807) is 13.0 Å². The average molecular weight is 432 g/mol. The summed E-state index contributed by atoms with van der Waals surface area (Å²) in [7, 11) is 2.80. The van der Waals surface area contributed by atoms with Crippen molar-refractivity contribution in [2.45, 2.75) is 25.4 Å². The van der Waals surface area contributed by atoms with Gasteiger partial charge in [-0.15, -0.1) is 0 Å². The molecule has 1 aromatic carbocycles. The number of carbonyl (C=O) groups excluding carboxylic acids is 1. The Bertz CT molecular complexity index is 1340. The number of nitrogens with zero attached hydrogens (tertiary/aromatic N) is 4. The second-order valence-corrected chi connectivity index (χ2v) is 7.60. The number of benzene rings is 1. The SMILES string of the molecule is Cc1c(C(=O)N2CCC(C(F)(F)F)c3ccccc32)cnc2c1c(=O)n(C)c(=O)n2C. The molecule has 3 heterocycles. The Morgan fingerprint density at radius 3 is 2.48 bits per heavy atom. The third-order valence-corrected chi connectivity index (χ3v) is 5.84. The maximum absolute atomic E-state index is 13.5. The maximum atomic E-state index is 13.5. The number of amides is 1. The average Bonchev–Trinajstić information content (AvgIpc) is 2.74. The Morgan fingerprint density at radius 2 is 1.81 bits per heavy atom. The maximum Gasteiger partial charge on any atom is 0.395 e. The molecule has 10 heteroatoms. The molecule has 2 aromatic heterocycles. The van der Waals surface area contributed by atoms with E-state index < -0.39 is 29.3 Å². The summed E-state index contributed by atoms with van der Waals surface area (Å²) in [5.74, 6) is -2.19. The Labute approximate surface area is 174 Å². The van der Waals surface area contributed by atoms with Crippen LogP contribution in [0.4, 0.5) is 18.9 Å². The smallest absolute Gasteiger partial charge is 0.308 e. The van der Waals surface area contributed by atoms with Gasteiger partial charge < -0.3 is 4.90 Å². The predicted molar refractivity (Wildman–Crippen MR) is 108 cm³/mol. The number of hydrogen-bond donors (Lipinski definition) is 0. The molecule has 3 aromatic rings. The van der Waals surface area contributed by atoms with Gasteiger partial charge in [-0.25, -0.2) is 9.78 Å². The molecular formula is C21H19F3N4O3. The van der Waals surface area contributed by atoms with Crippen LogP contribution in [-0.4, -0.2) is 32.7 Å². The number of fused-ring (bicyclic) bond motifs is 2. The van der Waals surface area contributed by atoms with E-state index in [9.17, 15) is 27.6 Å². The van der Waals surface area contributed by atoms with E-state index in [0.29, 0.717) is 5.56 Å². The topological polar surface area (TPSA) is 77.2 Å². The molecule has 0 saturated carbocycles. The summed E-state index contributed by atoms with van der Waals surface area (Å²) in [6.45, 7) is 1.44. The lowest BCUT2D eigenvalue weighted by atomic mass is 9.89. The normalized spacial score (nSPS) is 16.5. The fraction of sp³-hybridized carbons (Fsp3) is 0.333. The highest BCUT2D eigenvalue weighted by molar-refractivity contribution is 6.09. The summed E-state index contributed by atoms with van der Waals surface area (Å²) < 4.78 is 42.6. The van der Waals surface area contributed by atoms with Crippen LogP contribution in [0.1, 0.15) is 33.8 Å². The van der Waals surface area contributed by atoms with Crippen molar-refractivity contribution in [2.24, 2.45) is 14.1 Å². The minimum Gasteiger partial charge on any atom is -0.308 e. The zero-order chi connectivity index (χ0) is 22.7. The number of rotatable bonds is 1. The Balaban J connectivity index is 1.87. The van der Waals surface area contributed by atoms with Crippen molar-refractivity contribution in [1.82, 2.24) is 14.1 Å². The van der Waals surface area contributed by atoms with Gasteiger partial charge in [0.15, 0.2) is 0 Å². The molecule has 0 spiro atoms. The van der Waals surface area contributed by atoms with Gasteiger partial charge in [0.1, 0.15) is 5.65 Å². The van der Waals surface area contributed by atoms with E-state index in [4.69, 9.17) is 0 Å². The summed E-state index contributed by atoms with van der Waals surface area (Å²) in [6.07, 6.45) is -3.41. The van der Waals surface area contributed by atoms with Gasteiger partial charge in [-0.3, -0.25) is 18.7 Å². The minimum atomic E-state index is -4.41. The van der Waals surface area contributed by atoms with Gasteiger partial charge in [-0.2, -0.15) is 13.2 Å². The van der Waals surface area contributed by atoms with Gasteiger partial charge >= 0.3 is 11.9 Å². The first kappa shape index (κ1) is 20.8. The largest absolute Gasteiger partial charge is 0.395 e. The van der Waals surface area contributed by atoms with E-state index in [2.05, 4.69) is 4.98 Å². The van der Waals surface area contributed by atoms with Crippen LogP contribution in [0.3, 0.4) is 0 Å². The Hall–Kier alpha value is -3.43. The molecule has 162 valence electrons. The van der Waals surface area contributed by atoms with Crippen molar-refractivity contribution >= 4 is 22.6 Å². The summed E-state index contributed by atoms with van der Waals surface area (Å²) in [5.41, 5.74) is -0.350. The van der Waals surface area contributed by atoms with Gasteiger partial charge in [0.2, 0.25) is 0 Å². The third-order valence-electron chi connectivity index (χ3n) is 5.84. The molecule has 0 radical (unpaired) electrons. The second kappa shape index (κ2) is 7.07. The highest BCUT2D eigenvalue weighted by Crippen LogP contribution is 2.45. The summed E-state index contributed by atoms with van der Waals surface area (Å²) in [6, 6.07) is 5.95. The molecule has 0 bridgehead atoms. The van der Waals surface area contributed by atoms with Crippen LogP contribution in [0.2, 0.25) is 0 Å². The fourth-order valence-corrected chi connectivity index (χ4v) is 4.14. The first-order valence-corrected chi connectivity index (χ1v) is 9.57. The molecule has 1 aliphatic rings. The molecule has 0 saturated heterocycles. The van der Waals surface area contributed by atoms with E-state index in [-0.39, 0.29) is 40.8 Å². The number of alkyl halides is 3. The number of anilines is 1. The van der Waals surface area contributed by atoms with Crippen LogP contribution in [0.15, 0.2) is 40.1 Å². The van der Waals surface area contributed by atoms with Crippen LogP contribution in [0.25, 0.3) is 11.0 Å². The number of hydrogen-bond acceptors (Lipinski definition) is 4. The van der Waals surface area contributed by atoms with Crippen LogP contribution < -0.4 is 16.1 Å². The van der Waals surface area contributed by atoms with Gasteiger partial charge in [0, 0.05) is 32.5 Å². The summed E-state index contributed by atoms with van der Waals surface area (Å²) in [5, 5.41) is 0.119. The molecule has 4 rings (SSSR count). The third kappa shape index (κ3) is 3.13. The second-order valence-electron chi connectivity index (χ2n) is 7.60. The Kier molecular flexibility index (Phi) is 4.75. The highest BCUT2D eigenvalue weighted by atomic mass is 19.4. The summed E-state index contributed by atoms with van der Waals surface area (Å²) in [4.78, 5) is 43.6. The van der Waals surface area contributed by atoms with Crippen LogP contribution in [-0.2, 0) is 14.1 Å². The number of aromatic nitrogens is 3. The minimum absolute atomic E-state index is 0.0410. The van der Waals surface area contributed by atoms with E-state index >= 15 is 0 Å². The first-order chi connectivity index (χ1) is 14.5. The Morgan fingerprint density at radius 1 is 1.13 bits per heavy atom. The monoisotopic (exact) mass is 432 g/mol. The van der Waals surface area contributed by atoms with Crippen LogP contribution in [0.5, 0.6) is 0 Å². The van der Waals surface area contributed by atoms with Gasteiger partial charge in [0.05, 0.1) is 16.9 Å². The molecule has 0 fully saturated rings. The van der Waals surface area contributed by atoms with Crippen molar-refractivity contribution in [3.05, 3.63) is 68.0 Å². The quantitative estimate of drug-likeness (QED) is 0.593. The molecule has 1 aliphatic heterocycles. The number of halogens is 3. The zero-order valence-corrected chi connectivity index (χ0v) is 17.0. The van der Waals surface area contributed by atoms with Crippen molar-refractivity contribution in [3.63, 3.8) is 0 Å².